The van der Waals surface area contributed by atoms with Crippen LogP contribution in [0.1, 0.15) is 41.7 Å². The molecule has 27 heavy (non-hydrogen) atoms. The summed E-state index contributed by atoms with van der Waals surface area (Å²) >= 11 is 1.69. The smallest absolute Gasteiger partial charge is 0.243 e. The molecule has 0 amide bonds. The molecule has 4 nitrogen and oxygen atoms in total. The van der Waals surface area contributed by atoms with E-state index in [9.17, 15) is 8.42 Å². The molecule has 2 heterocycles. The molecule has 1 fully saturated rings. The van der Waals surface area contributed by atoms with Gasteiger partial charge in [0.1, 0.15) is 0 Å². The maximum absolute atomic E-state index is 13.6. The fourth-order valence-corrected chi connectivity index (χ4v) is 6.59. The van der Waals surface area contributed by atoms with Crippen LogP contribution in [-0.4, -0.2) is 38.5 Å². The minimum Gasteiger partial charge on any atom is -0.381 e. The van der Waals surface area contributed by atoms with Gasteiger partial charge in [-0.3, -0.25) is 0 Å². The third-order valence-electron chi connectivity index (χ3n) is 5.68. The van der Waals surface area contributed by atoms with Gasteiger partial charge in [-0.1, -0.05) is 12.1 Å². The van der Waals surface area contributed by atoms with Crippen molar-refractivity contribution in [3.8, 4) is 0 Å². The van der Waals surface area contributed by atoms with E-state index < -0.39 is 10.0 Å². The minimum absolute atomic E-state index is 0.0275. The Balaban J connectivity index is 1.62. The first kappa shape index (κ1) is 19.1. The van der Waals surface area contributed by atoms with Crippen molar-refractivity contribution in [1.29, 1.82) is 0 Å². The lowest BCUT2D eigenvalue weighted by atomic mass is 9.92. The van der Waals surface area contributed by atoms with Crippen molar-refractivity contribution in [1.82, 2.24) is 4.31 Å². The molecule has 0 spiro atoms. The first-order valence-corrected chi connectivity index (χ1v) is 12.2. The number of rotatable bonds is 6. The predicted octanol–water partition coefficient (Wildman–Crippen LogP) is 4.04. The van der Waals surface area contributed by atoms with Gasteiger partial charge in [0.2, 0.25) is 10.0 Å². The van der Waals surface area contributed by atoms with Crippen LogP contribution in [0.3, 0.4) is 0 Å². The van der Waals surface area contributed by atoms with Crippen molar-refractivity contribution < 1.29 is 13.2 Å². The van der Waals surface area contributed by atoms with Crippen molar-refractivity contribution in [2.45, 2.75) is 55.9 Å². The minimum atomic E-state index is -3.50. The zero-order valence-electron chi connectivity index (χ0n) is 15.6. The largest absolute Gasteiger partial charge is 0.381 e. The summed E-state index contributed by atoms with van der Waals surface area (Å²) in [5.74, 6) is 0. The number of ether oxygens (including phenoxy) is 1. The van der Waals surface area contributed by atoms with Crippen LogP contribution >= 0.6 is 11.3 Å². The topological polar surface area (TPSA) is 46.6 Å². The highest BCUT2D eigenvalue weighted by Gasteiger charge is 2.33. The number of fused-ring (bicyclic) bond motifs is 1. The van der Waals surface area contributed by atoms with E-state index in [0.29, 0.717) is 24.7 Å². The van der Waals surface area contributed by atoms with Crippen molar-refractivity contribution in [3.05, 3.63) is 51.7 Å². The van der Waals surface area contributed by atoms with Gasteiger partial charge in [0.25, 0.3) is 0 Å². The third kappa shape index (κ3) is 4.29. The standard InChI is InChI=1S/C21H27NO3S2/c23-27(24,21-8-7-17-4-1-2-5-18(17)16-21)22(19-10-13-25-14-11-19)12-9-20-6-3-15-26-20/h3,6-8,15-16,19H,1-2,4-5,9-14H2. The maximum Gasteiger partial charge on any atom is 0.243 e. The number of hydrogen-bond donors (Lipinski definition) is 0. The van der Waals surface area contributed by atoms with Crippen LogP contribution in [0.25, 0.3) is 0 Å². The van der Waals surface area contributed by atoms with Gasteiger partial charge < -0.3 is 4.74 Å². The Bertz CT molecular complexity index is 856. The van der Waals surface area contributed by atoms with Gasteiger partial charge in [0.15, 0.2) is 0 Å². The molecular formula is C21H27NO3S2. The van der Waals surface area contributed by atoms with E-state index in [4.69, 9.17) is 4.74 Å². The van der Waals surface area contributed by atoms with Crippen LogP contribution in [0.2, 0.25) is 0 Å². The van der Waals surface area contributed by atoms with E-state index in [1.807, 2.05) is 29.6 Å². The molecule has 2 aliphatic rings. The molecule has 0 atom stereocenters. The summed E-state index contributed by atoms with van der Waals surface area (Å²) in [4.78, 5) is 1.69. The lowest BCUT2D eigenvalue weighted by molar-refractivity contribution is 0.0587. The second kappa shape index (κ2) is 8.43. The molecule has 1 saturated heterocycles. The Hall–Kier alpha value is -1.21. The van der Waals surface area contributed by atoms with Gasteiger partial charge in [-0.05, 0) is 79.7 Å². The van der Waals surface area contributed by atoms with Crippen molar-refractivity contribution in [2.75, 3.05) is 19.8 Å². The molecule has 1 aromatic heterocycles. The second-order valence-electron chi connectivity index (χ2n) is 7.43. The average Bonchev–Trinajstić information content (AvgIpc) is 3.22. The summed E-state index contributed by atoms with van der Waals surface area (Å²) in [6.45, 7) is 1.81. The number of aryl methyl sites for hydroxylation is 2. The predicted molar refractivity (Wildman–Crippen MR) is 109 cm³/mol. The maximum atomic E-state index is 13.6. The molecular weight excluding hydrogens is 378 g/mol. The highest BCUT2D eigenvalue weighted by atomic mass is 32.2. The second-order valence-corrected chi connectivity index (χ2v) is 10.3. The highest BCUT2D eigenvalue weighted by molar-refractivity contribution is 7.89. The fourth-order valence-electron chi connectivity index (χ4n) is 4.15. The van der Waals surface area contributed by atoms with Gasteiger partial charge >= 0.3 is 0 Å². The number of hydrogen-bond acceptors (Lipinski definition) is 4. The molecule has 1 aromatic carbocycles. The van der Waals surface area contributed by atoms with Crippen molar-refractivity contribution in [2.24, 2.45) is 0 Å². The van der Waals surface area contributed by atoms with Gasteiger partial charge in [0.05, 0.1) is 4.90 Å². The number of benzene rings is 1. The van der Waals surface area contributed by atoms with Crippen molar-refractivity contribution >= 4 is 21.4 Å². The van der Waals surface area contributed by atoms with Gasteiger partial charge in [-0.2, -0.15) is 4.31 Å². The Kier molecular flexibility index (Phi) is 5.97. The summed E-state index contributed by atoms with van der Waals surface area (Å²) in [6.07, 6.45) is 6.72. The lowest BCUT2D eigenvalue weighted by Crippen LogP contribution is -2.44. The quantitative estimate of drug-likeness (QED) is 0.729. The third-order valence-corrected chi connectivity index (χ3v) is 8.57. The molecule has 1 aliphatic carbocycles. The van der Waals surface area contributed by atoms with E-state index in [0.717, 1.165) is 38.5 Å². The van der Waals surface area contributed by atoms with Crippen LogP contribution in [-0.2, 0) is 34.0 Å². The lowest BCUT2D eigenvalue weighted by Gasteiger charge is -2.33. The monoisotopic (exact) mass is 405 g/mol. The average molecular weight is 406 g/mol. The van der Waals surface area contributed by atoms with Crippen LogP contribution < -0.4 is 0 Å². The van der Waals surface area contributed by atoms with Gasteiger partial charge in [-0.25, -0.2) is 8.42 Å². The number of nitrogens with zero attached hydrogens (tertiary/aromatic N) is 1. The molecule has 2 aromatic rings. The van der Waals surface area contributed by atoms with E-state index in [-0.39, 0.29) is 6.04 Å². The van der Waals surface area contributed by atoms with Crippen molar-refractivity contribution in [3.63, 3.8) is 0 Å². The molecule has 0 bridgehead atoms. The highest BCUT2D eigenvalue weighted by Crippen LogP contribution is 2.28. The summed E-state index contributed by atoms with van der Waals surface area (Å²) < 4.78 is 34.4. The Labute approximate surface area is 166 Å². The molecule has 0 unspecified atom stereocenters. The fraction of sp³-hybridized carbons (Fsp3) is 0.524. The van der Waals surface area contributed by atoms with Gasteiger partial charge in [-0.15, -0.1) is 11.3 Å². The SMILES string of the molecule is O=S(=O)(c1ccc2c(c1)CCCC2)N(CCc1cccs1)C1CCOCC1. The Morgan fingerprint density at radius 1 is 1.07 bits per heavy atom. The van der Waals surface area contributed by atoms with E-state index in [1.165, 1.54) is 22.4 Å². The van der Waals surface area contributed by atoms with Crippen LogP contribution in [0.5, 0.6) is 0 Å². The molecule has 0 radical (unpaired) electrons. The summed E-state index contributed by atoms with van der Waals surface area (Å²) in [5.41, 5.74) is 2.53. The summed E-state index contributed by atoms with van der Waals surface area (Å²) in [6, 6.07) is 9.91. The van der Waals surface area contributed by atoms with E-state index in [1.54, 1.807) is 15.6 Å². The van der Waals surface area contributed by atoms with Crippen LogP contribution in [0.4, 0.5) is 0 Å². The summed E-state index contributed by atoms with van der Waals surface area (Å²) in [7, 11) is -3.50. The van der Waals surface area contributed by atoms with E-state index in [2.05, 4.69) is 6.07 Å². The number of sulfonamides is 1. The molecule has 146 valence electrons. The molecule has 6 heteroatoms. The first-order valence-electron chi connectivity index (χ1n) is 9.88. The normalized spacial score (nSPS) is 18.6. The number of thiophene rings is 1. The Morgan fingerprint density at radius 2 is 1.85 bits per heavy atom. The van der Waals surface area contributed by atoms with Crippen LogP contribution in [0, 0.1) is 0 Å². The van der Waals surface area contributed by atoms with Crippen LogP contribution in [0.15, 0.2) is 40.6 Å². The molecule has 0 N–H and O–H groups in total. The summed E-state index contributed by atoms with van der Waals surface area (Å²) in [5, 5.41) is 2.05. The molecule has 4 rings (SSSR count). The first-order chi connectivity index (χ1) is 13.1. The molecule has 0 saturated carbocycles. The zero-order valence-corrected chi connectivity index (χ0v) is 17.2. The Morgan fingerprint density at radius 3 is 2.59 bits per heavy atom. The molecule has 1 aliphatic heterocycles. The zero-order chi connectivity index (χ0) is 18.7. The van der Waals surface area contributed by atoms with Gasteiger partial charge in [0, 0.05) is 30.7 Å². The van der Waals surface area contributed by atoms with E-state index >= 15 is 0 Å².